The minimum Gasteiger partial charge on any atom is -0.487 e. The minimum atomic E-state index is -0.253. The van der Waals surface area contributed by atoms with Gasteiger partial charge in [0.05, 0.1) is 5.60 Å². The molecule has 0 radical (unpaired) electrons. The average Bonchev–Trinajstić information content (AvgIpc) is 2.80. The van der Waals surface area contributed by atoms with Gasteiger partial charge in [0, 0.05) is 23.5 Å². The van der Waals surface area contributed by atoms with Gasteiger partial charge in [0.1, 0.15) is 17.5 Å². The molecule has 0 bridgehead atoms. The topological polar surface area (TPSA) is 34.2 Å². The maximum Gasteiger partial charge on any atom is 0.130 e. The monoisotopic (exact) mass is 259 g/mol. The van der Waals surface area contributed by atoms with E-state index in [1.165, 1.54) is 5.39 Å². The van der Waals surface area contributed by atoms with Crippen molar-refractivity contribution in [1.29, 1.82) is 0 Å². The van der Waals surface area contributed by atoms with Gasteiger partial charge in [0.2, 0.25) is 0 Å². The Hall–Kier alpha value is -1.48. The number of H-pyrrole nitrogens is 1. The van der Waals surface area contributed by atoms with Crippen LogP contribution < -0.4 is 4.74 Å². The summed E-state index contributed by atoms with van der Waals surface area (Å²) < 4.78 is 12.2. The lowest BCUT2D eigenvalue weighted by molar-refractivity contribution is -0.0845. The Morgan fingerprint density at radius 3 is 2.68 bits per heavy atom. The van der Waals surface area contributed by atoms with Gasteiger partial charge in [-0.15, -0.1) is 0 Å². The molecule has 0 aliphatic carbocycles. The molecule has 1 aromatic carbocycles. The molecule has 1 aliphatic rings. The third kappa shape index (κ3) is 2.35. The Balaban J connectivity index is 1.84. The zero-order valence-corrected chi connectivity index (χ0v) is 12.0. The van der Waals surface area contributed by atoms with Gasteiger partial charge in [0.25, 0.3) is 0 Å². The van der Waals surface area contributed by atoms with E-state index < -0.39 is 0 Å². The van der Waals surface area contributed by atoms with Crippen LogP contribution in [0.15, 0.2) is 30.5 Å². The summed E-state index contributed by atoms with van der Waals surface area (Å²) in [5, 5.41) is 1.17. The predicted octanol–water partition coefficient (Wildman–Crippen LogP) is 3.89. The second-order valence-corrected chi connectivity index (χ2v) is 6.50. The Labute approximate surface area is 113 Å². The van der Waals surface area contributed by atoms with Crippen molar-refractivity contribution in [1.82, 2.24) is 4.98 Å². The first kappa shape index (κ1) is 12.5. The van der Waals surface area contributed by atoms with Crippen molar-refractivity contribution in [2.45, 2.75) is 51.4 Å². The molecule has 3 heteroatoms. The summed E-state index contributed by atoms with van der Waals surface area (Å²) in [4.78, 5) is 3.19. The quantitative estimate of drug-likeness (QED) is 0.887. The summed E-state index contributed by atoms with van der Waals surface area (Å²) in [7, 11) is 0. The highest BCUT2D eigenvalue weighted by Crippen LogP contribution is 2.39. The van der Waals surface area contributed by atoms with E-state index >= 15 is 0 Å². The van der Waals surface area contributed by atoms with Crippen LogP contribution in [0.25, 0.3) is 10.9 Å². The maximum absolute atomic E-state index is 6.16. The van der Waals surface area contributed by atoms with Crippen LogP contribution in [-0.4, -0.2) is 22.3 Å². The zero-order chi connectivity index (χ0) is 13.7. The largest absolute Gasteiger partial charge is 0.487 e. The molecule has 1 N–H and O–H groups in total. The first-order valence-electron chi connectivity index (χ1n) is 6.80. The molecule has 0 spiro atoms. The Kier molecular flexibility index (Phi) is 2.65. The van der Waals surface area contributed by atoms with Crippen molar-refractivity contribution in [2.75, 3.05) is 0 Å². The number of ether oxygens (including phenoxy) is 2. The van der Waals surface area contributed by atoms with Crippen molar-refractivity contribution in [3.05, 3.63) is 30.5 Å². The predicted molar refractivity (Wildman–Crippen MR) is 76.6 cm³/mol. The molecule has 2 aromatic rings. The van der Waals surface area contributed by atoms with Crippen LogP contribution in [0.3, 0.4) is 0 Å². The van der Waals surface area contributed by atoms with E-state index in [0.717, 1.165) is 17.7 Å². The lowest BCUT2D eigenvalue weighted by atomic mass is 9.97. The molecule has 2 heterocycles. The molecule has 1 aliphatic heterocycles. The van der Waals surface area contributed by atoms with Crippen LogP contribution in [-0.2, 0) is 4.74 Å². The molecule has 1 atom stereocenters. The van der Waals surface area contributed by atoms with E-state index in [0.29, 0.717) is 0 Å². The third-order valence-corrected chi connectivity index (χ3v) is 3.79. The molecule has 1 saturated heterocycles. The molecule has 19 heavy (non-hydrogen) atoms. The van der Waals surface area contributed by atoms with Crippen LogP contribution in [0.2, 0.25) is 0 Å². The van der Waals surface area contributed by atoms with E-state index in [-0.39, 0.29) is 17.3 Å². The smallest absolute Gasteiger partial charge is 0.130 e. The second-order valence-electron chi connectivity index (χ2n) is 6.50. The molecule has 3 nitrogen and oxygen atoms in total. The van der Waals surface area contributed by atoms with Crippen molar-refractivity contribution >= 4 is 10.9 Å². The summed E-state index contributed by atoms with van der Waals surface area (Å²) in [6.07, 6.45) is 2.93. The lowest BCUT2D eigenvalue weighted by Gasteiger charge is -2.27. The number of rotatable bonds is 2. The molecule has 0 amide bonds. The van der Waals surface area contributed by atoms with E-state index in [1.807, 2.05) is 12.3 Å². The van der Waals surface area contributed by atoms with Crippen LogP contribution >= 0.6 is 0 Å². The summed E-state index contributed by atoms with van der Waals surface area (Å²) in [6.45, 7) is 8.43. The standard InChI is InChI=1S/C16H21NO2/c1-15(2)10-14(16(3,4)19-15)18-12-5-6-13-11(9-12)7-8-17-13/h5-9,14,17H,10H2,1-4H3. The molecular formula is C16H21NO2. The summed E-state index contributed by atoms with van der Waals surface area (Å²) in [5.74, 6) is 0.909. The van der Waals surface area contributed by atoms with Crippen molar-refractivity contribution < 1.29 is 9.47 Å². The number of nitrogens with one attached hydrogen (secondary N) is 1. The molecule has 1 fully saturated rings. The fraction of sp³-hybridized carbons (Fsp3) is 0.500. The first-order valence-corrected chi connectivity index (χ1v) is 6.80. The van der Waals surface area contributed by atoms with Crippen molar-refractivity contribution in [3.63, 3.8) is 0 Å². The van der Waals surface area contributed by atoms with Gasteiger partial charge in [-0.05, 0) is 52.0 Å². The Morgan fingerprint density at radius 1 is 1.21 bits per heavy atom. The van der Waals surface area contributed by atoms with Crippen LogP contribution in [0.1, 0.15) is 34.1 Å². The number of benzene rings is 1. The number of aromatic amines is 1. The van der Waals surface area contributed by atoms with E-state index in [1.54, 1.807) is 0 Å². The van der Waals surface area contributed by atoms with Crippen LogP contribution in [0.5, 0.6) is 5.75 Å². The van der Waals surface area contributed by atoms with Gasteiger partial charge in [-0.25, -0.2) is 0 Å². The highest BCUT2D eigenvalue weighted by atomic mass is 16.6. The number of fused-ring (bicyclic) bond motifs is 1. The van der Waals surface area contributed by atoms with E-state index in [4.69, 9.17) is 9.47 Å². The average molecular weight is 259 g/mol. The molecule has 0 saturated carbocycles. The molecule has 1 aromatic heterocycles. The van der Waals surface area contributed by atoms with Gasteiger partial charge >= 0.3 is 0 Å². The molecule has 1 unspecified atom stereocenters. The maximum atomic E-state index is 6.16. The number of hydrogen-bond acceptors (Lipinski definition) is 2. The van der Waals surface area contributed by atoms with Gasteiger partial charge < -0.3 is 14.5 Å². The fourth-order valence-electron chi connectivity index (χ4n) is 2.96. The fourth-order valence-corrected chi connectivity index (χ4v) is 2.96. The Morgan fingerprint density at radius 2 is 2.00 bits per heavy atom. The van der Waals surface area contributed by atoms with E-state index in [2.05, 4.69) is 50.9 Å². The van der Waals surface area contributed by atoms with Crippen LogP contribution in [0.4, 0.5) is 0 Å². The van der Waals surface area contributed by atoms with Gasteiger partial charge in [-0.3, -0.25) is 0 Å². The summed E-state index contributed by atoms with van der Waals surface area (Å²) in [5.41, 5.74) is 0.762. The van der Waals surface area contributed by atoms with Crippen molar-refractivity contribution in [2.24, 2.45) is 0 Å². The first-order chi connectivity index (χ1) is 8.86. The van der Waals surface area contributed by atoms with Crippen molar-refractivity contribution in [3.8, 4) is 5.75 Å². The molecule has 102 valence electrons. The van der Waals surface area contributed by atoms with Gasteiger partial charge in [-0.2, -0.15) is 0 Å². The number of aromatic nitrogens is 1. The van der Waals surface area contributed by atoms with Gasteiger partial charge in [0.15, 0.2) is 0 Å². The van der Waals surface area contributed by atoms with Crippen LogP contribution in [0, 0.1) is 0 Å². The molecular weight excluding hydrogens is 238 g/mol. The lowest BCUT2D eigenvalue weighted by Crippen LogP contribution is -2.36. The minimum absolute atomic E-state index is 0.0823. The number of hydrogen-bond donors (Lipinski definition) is 1. The normalized spacial score (nSPS) is 24.7. The summed E-state index contributed by atoms with van der Waals surface area (Å²) in [6, 6.07) is 8.20. The van der Waals surface area contributed by atoms with E-state index in [9.17, 15) is 0 Å². The zero-order valence-electron chi connectivity index (χ0n) is 12.0. The SMILES string of the molecule is CC1(C)CC(Oc2ccc3[nH]ccc3c2)C(C)(C)O1. The Bertz CT molecular complexity index is 598. The highest BCUT2D eigenvalue weighted by molar-refractivity contribution is 5.80. The van der Waals surface area contributed by atoms with Gasteiger partial charge in [-0.1, -0.05) is 0 Å². The second kappa shape index (κ2) is 4.01. The summed E-state index contributed by atoms with van der Waals surface area (Å²) >= 11 is 0. The third-order valence-electron chi connectivity index (χ3n) is 3.79. The highest BCUT2D eigenvalue weighted by Gasteiger charge is 2.47. The molecule has 3 rings (SSSR count).